The number of nitrogens with zero attached hydrogens (tertiary/aromatic N) is 2. The molecule has 2 nitrogen and oxygen atoms in total. The Morgan fingerprint density at radius 1 is 0.311 bits per heavy atom. The number of thiophene rings is 1. The highest BCUT2D eigenvalue weighted by Gasteiger charge is 2.25. The van der Waals surface area contributed by atoms with E-state index in [2.05, 4.69) is 206 Å². The minimum atomic E-state index is 0.924. The Balaban J connectivity index is 1.07. The Morgan fingerprint density at radius 2 is 0.852 bits per heavy atom. The topological polar surface area (TPSA) is 25.8 Å². The first kappa shape index (κ1) is 35.2. The van der Waals surface area contributed by atoms with Crippen molar-refractivity contribution in [3.63, 3.8) is 0 Å². The van der Waals surface area contributed by atoms with Crippen molar-refractivity contribution in [2.75, 3.05) is 0 Å². The van der Waals surface area contributed by atoms with Gasteiger partial charge >= 0.3 is 0 Å². The number of hydrogen-bond donors (Lipinski definition) is 0. The van der Waals surface area contributed by atoms with Gasteiger partial charge in [0.25, 0.3) is 0 Å². The Bertz CT molecular complexity index is 3640. The van der Waals surface area contributed by atoms with E-state index in [1.807, 2.05) is 23.6 Å². The average Bonchev–Trinajstić information content (AvgIpc) is 3.74. The molecule has 0 bridgehead atoms. The molecule has 0 aliphatic heterocycles. The Kier molecular flexibility index (Phi) is 8.39. The number of rotatable bonds is 6. The van der Waals surface area contributed by atoms with Crippen molar-refractivity contribution in [1.29, 1.82) is 0 Å². The molecular weight excluding hydrogens is 757 g/mol. The summed E-state index contributed by atoms with van der Waals surface area (Å²) in [5.41, 5.74) is 13.6. The summed E-state index contributed by atoms with van der Waals surface area (Å²) in [6.07, 6.45) is 1.85. The zero-order chi connectivity index (χ0) is 40.3. The Hall–Kier alpha value is -7.72. The van der Waals surface area contributed by atoms with Crippen molar-refractivity contribution >= 4 is 65.5 Å². The van der Waals surface area contributed by atoms with Crippen LogP contribution in [0.5, 0.6) is 0 Å². The normalized spacial score (nSPS) is 11.6. The molecule has 12 rings (SSSR count). The minimum absolute atomic E-state index is 0.924. The summed E-state index contributed by atoms with van der Waals surface area (Å²) in [5, 5.41) is 9.59. The molecule has 0 radical (unpaired) electrons. The van der Waals surface area contributed by atoms with Gasteiger partial charge < -0.3 is 0 Å². The number of pyridine rings is 2. The first-order chi connectivity index (χ1) is 30.3. The number of fused-ring (bicyclic) bond motifs is 7. The predicted molar refractivity (Wildman–Crippen MR) is 260 cm³/mol. The maximum absolute atomic E-state index is 5.25. The van der Waals surface area contributed by atoms with Crippen LogP contribution in [-0.2, 0) is 0 Å². The van der Waals surface area contributed by atoms with Gasteiger partial charge in [-0.3, -0.25) is 4.98 Å². The van der Waals surface area contributed by atoms with Crippen LogP contribution in [0.3, 0.4) is 0 Å². The molecule has 0 fully saturated rings. The molecule has 0 spiro atoms. The first-order valence-electron chi connectivity index (χ1n) is 20.7. The highest BCUT2D eigenvalue weighted by atomic mass is 32.1. The molecule has 0 saturated carbocycles. The second-order valence-electron chi connectivity index (χ2n) is 15.6. The van der Waals surface area contributed by atoms with Gasteiger partial charge in [-0.05, 0) is 84.4 Å². The van der Waals surface area contributed by atoms with Crippen LogP contribution in [0.2, 0.25) is 0 Å². The zero-order valence-electron chi connectivity index (χ0n) is 33.1. The third-order valence-electron chi connectivity index (χ3n) is 12.1. The molecule has 0 aliphatic rings. The van der Waals surface area contributed by atoms with Gasteiger partial charge in [0.05, 0.1) is 16.7 Å². The number of aromatic nitrogens is 2. The van der Waals surface area contributed by atoms with Gasteiger partial charge in [0.15, 0.2) is 0 Å². The maximum Gasteiger partial charge on any atom is 0.0972 e. The molecule has 3 heteroatoms. The lowest BCUT2D eigenvalue weighted by atomic mass is 9.88. The number of hydrogen-bond acceptors (Lipinski definition) is 3. The van der Waals surface area contributed by atoms with Crippen LogP contribution >= 0.6 is 11.3 Å². The molecule has 9 aromatic carbocycles. The van der Waals surface area contributed by atoms with Gasteiger partial charge in [0.2, 0.25) is 0 Å². The first-order valence-corrected chi connectivity index (χ1v) is 21.5. The van der Waals surface area contributed by atoms with E-state index in [-0.39, 0.29) is 0 Å². The lowest BCUT2D eigenvalue weighted by Gasteiger charge is -2.14. The highest BCUT2D eigenvalue weighted by Crippen LogP contribution is 2.54. The van der Waals surface area contributed by atoms with Gasteiger partial charge in [0.1, 0.15) is 0 Å². The summed E-state index contributed by atoms with van der Waals surface area (Å²) in [6.45, 7) is 0. The van der Waals surface area contributed by atoms with E-state index in [0.29, 0.717) is 0 Å². The maximum atomic E-state index is 5.25. The van der Waals surface area contributed by atoms with Crippen LogP contribution in [0, 0.1) is 0 Å². The van der Waals surface area contributed by atoms with E-state index in [4.69, 9.17) is 9.97 Å². The average molecular weight is 793 g/mol. The van der Waals surface area contributed by atoms with Crippen molar-refractivity contribution in [2.45, 2.75) is 0 Å². The molecule has 284 valence electrons. The summed E-state index contributed by atoms with van der Waals surface area (Å²) in [5.74, 6) is 0. The molecule has 3 heterocycles. The molecule has 0 N–H and O–H groups in total. The summed E-state index contributed by atoms with van der Waals surface area (Å²) in [7, 11) is 0. The Labute approximate surface area is 357 Å². The van der Waals surface area contributed by atoms with Gasteiger partial charge in [-0.25, -0.2) is 4.98 Å². The summed E-state index contributed by atoms with van der Waals surface area (Å²) in [6, 6.07) is 77.0. The fourth-order valence-electron chi connectivity index (χ4n) is 9.30. The third kappa shape index (κ3) is 5.93. The van der Waals surface area contributed by atoms with Crippen LogP contribution in [0.15, 0.2) is 219 Å². The van der Waals surface area contributed by atoms with Crippen LogP contribution in [0.1, 0.15) is 0 Å². The van der Waals surface area contributed by atoms with E-state index in [1.54, 1.807) is 0 Å². The van der Waals surface area contributed by atoms with Gasteiger partial charge in [-0.1, -0.05) is 188 Å². The smallest absolute Gasteiger partial charge is 0.0972 e. The third-order valence-corrected chi connectivity index (χ3v) is 13.4. The van der Waals surface area contributed by atoms with Crippen molar-refractivity contribution in [3.05, 3.63) is 219 Å². The second kappa shape index (κ2) is 14.5. The van der Waals surface area contributed by atoms with E-state index in [9.17, 15) is 0 Å². The molecule has 0 aliphatic carbocycles. The molecule has 0 saturated heterocycles. The van der Waals surface area contributed by atoms with E-state index >= 15 is 0 Å². The Morgan fingerprint density at radius 3 is 1.61 bits per heavy atom. The largest absolute Gasteiger partial charge is 0.254 e. The highest BCUT2D eigenvalue weighted by molar-refractivity contribution is 7.20. The molecule has 12 aromatic rings. The molecule has 61 heavy (non-hydrogen) atoms. The predicted octanol–water partition coefficient (Wildman–Crippen LogP) is 16.3. The van der Waals surface area contributed by atoms with E-state index in [0.717, 1.165) is 33.1 Å². The van der Waals surface area contributed by atoms with Gasteiger partial charge in [0, 0.05) is 49.0 Å². The van der Waals surface area contributed by atoms with Crippen LogP contribution < -0.4 is 0 Å². The standard InChI is InChI=1S/C58H36N2S/c1-3-15-37(16-4-1)53-54(38-17-5-2-6-18-38)58(51-36-42-19-7-8-23-44(42)46-24-10-12-27-49(46)51)61-57(53)43-21-13-20-41(35-43)45-31-32-50(48-26-11-9-25-47(45)48)52-33-30-40-29-28-39-22-14-34-59-55(39)56(40)60-52/h1-36H. The van der Waals surface area contributed by atoms with Crippen molar-refractivity contribution in [2.24, 2.45) is 0 Å². The molecule has 3 aromatic heterocycles. The minimum Gasteiger partial charge on any atom is -0.254 e. The van der Waals surface area contributed by atoms with Crippen LogP contribution in [0.4, 0.5) is 0 Å². The lowest BCUT2D eigenvalue weighted by molar-refractivity contribution is 1.37. The lowest BCUT2D eigenvalue weighted by Crippen LogP contribution is -1.91. The monoisotopic (exact) mass is 792 g/mol. The fourth-order valence-corrected chi connectivity index (χ4v) is 10.7. The van der Waals surface area contributed by atoms with E-state index in [1.165, 1.54) is 86.6 Å². The van der Waals surface area contributed by atoms with Crippen molar-refractivity contribution in [3.8, 4) is 65.5 Å². The quantitative estimate of drug-likeness (QED) is 0.157. The van der Waals surface area contributed by atoms with Crippen molar-refractivity contribution in [1.82, 2.24) is 9.97 Å². The fraction of sp³-hybridized carbons (Fsp3) is 0. The zero-order valence-corrected chi connectivity index (χ0v) is 33.9. The SMILES string of the molecule is c1ccc(-c2c(-c3cccc(-c4ccc(-c5ccc6ccc7cccnc7c6n5)c5ccccc45)c3)sc(-c3cc4ccccc4c4ccccc34)c2-c2ccccc2)cc1. The summed E-state index contributed by atoms with van der Waals surface area (Å²) in [4.78, 5) is 12.5. The van der Waals surface area contributed by atoms with E-state index < -0.39 is 0 Å². The second-order valence-corrected chi connectivity index (χ2v) is 16.6. The summed E-state index contributed by atoms with van der Waals surface area (Å²) < 4.78 is 0. The van der Waals surface area contributed by atoms with Crippen molar-refractivity contribution < 1.29 is 0 Å². The van der Waals surface area contributed by atoms with Gasteiger partial charge in [-0.15, -0.1) is 11.3 Å². The molecular formula is C58H36N2S. The number of benzene rings is 9. The summed E-state index contributed by atoms with van der Waals surface area (Å²) >= 11 is 1.90. The van der Waals surface area contributed by atoms with Gasteiger partial charge in [-0.2, -0.15) is 0 Å². The van der Waals surface area contributed by atoms with Crippen LogP contribution in [-0.4, -0.2) is 9.97 Å². The molecule has 0 amide bonds. The molecule has 0 atom stereocenters. The van der Waals surface area contributed by atoms with Crippen LogP contribution in [0.25, 0.3) is 120 Å². The molecule has 0 unspecified atom stereocenters.